The molecule has 0 aliphatic carbocycles. The van der Waals surface area contributed by atoms with Gasteiger partial charge in [0.2, 0.25) is 0 Å². The van der Waals surface area contributed by atoms with Gasteiger partial charge in [0.25, 0.3) is 0 Å². The second-order valence-electron chi connectivity index (χ2n) is 5.62. The SMILES string of the molecule is Cc1ccc(C)c(N2CC(C)N(C)CC2CN)c1. The standard InChI is InChI=1S/C15H25N3/c1-11-5-6-12(2)15(7-11)18-9-13(3)17(4)10-14(18)8-16/h5-7,13-14H,8-10,16H2,1-4H3. The summed E-state index contributed by atoms with van der Waals surface area (Å²) in [4.78, 5) is 4.89. The first-order valence-corrected chi connectivity index (χ1v) is 6.77. The number of aryl methyl sites for hydroxylation is 2. The summed E-state index contributed by atoms with van der Waals surface area (Å²) in [6.07, 6.45) is 0. The average Bonchev–Trinajstić information content (AvgIpc) is 2.35. The van der Waals surface area contributed by atoms with E-state index in [2.05, 4.69) is 55.8 Å². The predicted molar refractivity (Wildman–Crippen MR) is 78.2 cm³/mol. The molecule has 3 heteroatoms. The number of likely N-dealkylation sites (N-methyl/N-ethyl adjacent to an activating group) is 1. The molecule has 0 bridgehead atoms. The number of hydrogen-bond donors (Lipinski definition) is 1. The maximum Gasteiger partial charge on any atom is 0.0540 e. The van der Waals surface area contributed by atoms with Crippen molar-refractivity contribution in [2.24, 2.45) is 5.73 Å². The Morgan fingerprint density at radius 3 is 2.67 bits per heavy atom. The molecule has 0 radical (unpaired) electrons. The molecule has 100 valence electrons. The van der Waals surface area contributed by atoms with E-state index in [4.69, 9.17) is 5.73 Å². The van der Waals surface area contributed by atoms with Gasteiger partial charge in [-0.2, -0.15) is 0 Å². The normalized spacial score (nSPS) is 25.5. The van der Waals surface area contributed by atoms with Gasteiger partial charge >= 0.3 is 0 Å². The zero-order valence-corrected chi connectivity index (χ0v) is 12.0. The maximum atomic E-state index is 5.96. The molecule has 2 N–H and O–H groups in total. The molecule has 0 spiro atoms. The van der Waals surface area contributed by atoms with Gasteiger partial charge < -0.3 is 10.6 Å². The summed E-state index contributed by atoms with van der Waals surface area (Å²) in [5, 5.41) is 0. The van der Waals surface area contributed by atoms with Crippen molar-refractivity contribution in [1.82, 2.24) is 4.90 Å². The molecule has 18 heavy (non-hydrogen) atoms. The van der Waals surface area contributed by atoms with Gasteiger partial charge in [0.15, 0.2) is 0 Å². The van der Waals surface area contributed by atoms with Gasteiger partial charge in [-0.1, -0.05) is 12.1 Å². The smallest absolute Gasteiger partial charge is 0.0540 e. The molecular weight excluding hydrogens is 222 g/mol. The molecule has 0 aromatic heterocycles. The molecule has 2 atom stereocenters. The molecule has 0 amide bonds. The monoisotopic (exact) mass is 247 g/mol. The van der Waals surface area contributed by atoms with Crippen LogP contribution in [0.4, 0.5) is 5.69 Å². The highest BCUT2D eigenvalue weighted by atomic mass is 15.3. The molecule has 1 aliphatic rings. The van der Waals surface area contributed by atoms with Crippen molar-refractivity contribution in [3.05, 3.63) is 29.3 Å². The first-order chi connectivity index (χ1) is 8.52. The molecular formula is C15H25N3. The summed E-state index contributed by atoms with van der Waals surface area (Å²) in [7, 11) is 2.19. The van der Waals surface area contributed by atoms with E-state index in [-0.39, 0.29) is 0 Å². The summed E-state index contributed by atoms with van der Waals surface area (Å²) < 4.78 is 0. The molecule has 1 aliphatic heterocycles. The third-order valence-corrected chi connectivity index (χ3v) is 4.10. The topological polar surface area (TPSA) is 32.5 Å². The Balaban J connectivity index is 2.32. The van der Waals surface area contributed by atoms with Crippen molar-refractivity contribution in [2.45, 2.75) is 32.9 Å². The Morgan fingerprint density at radius 2 is 2.00 bits per heavy atom. The molecule has 3 nitrogen and oxygen atoms in total. The van der Waals surface area contributed by atoms with Crippen molar-refractivity contribution >= 4 is 5.69 Å². The van der Waals surface area contributed by atoms with Gasteiger partial charge in [0.05, 0.1) is 6.04 Å². The maximum absolute atomic E-state index is 5.96. The number of nitrogens with two attached hydrogens (primary N) is 1. The molecule has 1 heterocycles. The Hall–Kier alpha value is -1.06. The summed E-state index contributed by atoms with van der Waals surface area (Å²) in [6.45, 7) is 9.44. The molecule has 1 aromatic carbocycles. The highest BCUT2D eigenvalue weighted by molar-refractivity contribution is 5.56. The van der Waals surface area contributed by atoms with Gasteiger partial charge in [-0.3, -0.25) is 4.90 Å². The van der Waals surface area contributed by atoms with E-state index in [1.54, 1.807) is 0 Å². The Morgan fingerprint density at radius 1 is 1.28 bits per heavy atom. The Labute approximate surface area is 111 Å². The minimum atomic E-state index is 0.423. The van der Waals surface area contributed by atoms with Crippen molar-refractivity contribution in [1.29, 1.82) is 0 Å². The van der Waals surface area contributed by atoms with E-state index < -0.39 is 0 Å². The molecule has 2 rings (SSSR count). The van der Waals surface area contributed by atoms with Crippen LogP contribution in [0.5, 0.6) is 0 Å². The first kappa shape index (κ1) is 13.4. The van der Waals surface area contributed by atoms with Gasteiger partial charge in [-0.25, -0.2) is 0 Å². The second-order valence-corrected chi connectivity index (χ2v) is 5.62. The highest BCUT2D eigenvalue weighted by Crippen LogP contribution is 2.26. The number of rotatable bonds is 2. The van der Waals surface area contributed by atoms with E-state index in [9.17, 15) is 0 Å². The molecule has 2 unspecified atom stereocenters. The van der Waals surface area contributed by atoms with Crippen LogP contribution in [0.3, 0.4) is 0 Å². The van der Waals surface area contributed by atoms with E-state index in [0.717, 1.165) is 13.1 Å². The zero-order valence-electron chi connectivity index (χ0n) is 12.0. The fourth-order valence-electron chi connectivity index (χ4n) is 2.71. The van der Waals surface area contributed by atoms with Gasteiger partial charge in [0.1, 0.15) is 0 Å². The van der Waals surface area contributed by atoms with Crippen LogP contribution in [0, 0.1) is 13.8 Å². The predicted octanol–water partition coefficient (Wildman–Crippen LogP) is 1.77. The van der Waals surface area contributed by atoms with Crippen LogP contribution >= 0.6 is 0 Å². The van der Waals surface area contributed by atoms with Crippen LogP contribution in [0.25, 0.3) is 0 Å². The van der Waals surface area contributed by atoms with Crippen molar-refractivity contribution < 1.29 is 0 Å². The average molecular weight is 247 g/mol. The quantitative estimate of drug-likeness (QED) is 0.864. The lowest BCUT2D eigenvalue weighted by atomic mass is 10.0. The zero-order chi connectivity index (χ0) is 13.3. The van der Waals surface area contributed by atoms with Crippen LogP contribution in [-0.4, -0.2) is 43.7 Å². The number of hydrogen-bond acceptors (Lipinski definition) is 3. The van der Waals surface area contributed by atoms with E-state index >= 15 is 0 Å². The summed E-state index contributed by atoms with van der Waals surface area (Å²) in [5.74, 6) is 0. The fraction of sp³-hybridized carbons (Fsp3) is 0.600. The van der Waals surface area contributed by atoms with Crippen molar-refractivity contribution in [3.8, 4) is 0 Å². The lowest BCUT2D eigenvalue weighted by Gasteiger charge is -2.45. The van der Waals surface area contributed by atoms with E-state index in [1.807, 2.05) is 0 Å². The van der Waals surface area contributed by atoms with Gasteiger partial charge in [0, 0.05) is 31.4 Å². The molecule has 1 saturated heterocycles. The van der Waals surface area contributed by atoms with E-state index in [1.165, 1.54) is 16.8 Å². The lowest BCUT2D eigenvalue weighted by molar-refractivity contribution is 0.202. The van der Waals surface area contributed by atoms with Gasteiger partial charge in [-0.15, -0.1) is 0 Å². The molecule has 1 fully saturated rings. The Bertz CT molecular complexity index is 416. The third kappa shape index (κ3) is 2.52. The first-order valence-electron chi connectivity index (χ1n) is 6.77. The second kappa shape index (κ2) is 5.29. The largest absolute Gasteiger partial charge is 0.364 e. The fourth-order valence-corrected chi connectivity index (χ4v) is 2.71. The molecule has 1 aromatic rings. The molecule has 0 saturated carbocycles. The van der Waals surface area contributed by atoms with Crippen LogP contribution < -0.4 is 10.6 Å². The van der Waals surface area contributed by atoms with Crippen molar-refractivity contribution in [3.63, 3.8) is 0 Å². The Kier molecular flexibility index (Phi) is 3.93. The van der Waals surface area contributed by atoms with Crippen LogP contribution in [-0.2, 0) is 0 Å². The van der Waals surface area contributed by atoms with Crippen LogP contribution in [0.1, 0.15) is 18.1 Å². The minimum absolute atomic E-state index is 0.423. The number of benzene rings is 1. The minimum Gasteiger partial charge on any atom is -0.364 e. The lowest BCUT2D eigenvalue weighted by Crippen LogP contribution is -2.58. The van der Waals surface area contributed by atoms with E-state index in [0.29, 0.717) is 18.6 Å². The highest BCUT2D eigenvalue weighted by Gasteiger charge is 2.29. The van der Waals surface area contributed by atoms with Crippen LogP contribution in [0.2, 0.25) is 0 Å². The summed E-state index contributed by atoms with van der Waals surface area (Å²) in [5.41, 5.74) is 9.97. The number of piperazine rings is 1. The summed E-state index contributed by atoms with van der Waals surface area (Å²) in [6, 6.07) is 7.67. The third-order valence-electron chi connectivity index (χ3n) is 4.10. The van der Waals surface area contributed by atoms with Crippen LogP contribution in [0.15, 0.2) is 18.2 Å². The van der Waals surface area contributed by atoms with Crippen molar-refractivity contribution in [2.75, 3.05) is 31.6 Å². The summed E-state index contributed by atoms with van der Waals surface area (Å²) >= 11 is 0. The number of anilines is 1. The van der Waals surface area contributed by atoms with Gasteiger partial charge in [-0.05, 0) is 45.0 Å². The number of nitrogens with zero attached hydrogens (tertiary/aromatic N) is 2.